The molecular formula is C12H17N3O4S. The minimum atomic E-state index is -3.42. The number of hydrogen-bond acceptors (Lipinski definition) is 6. The Hall–Kier alpha value is -1.41. The summed E-state index contributed by atoms with van der Waals surface area (Å²) in [7, 11) is -3.42. The van der Waals surface area contributed by atoms with E-state index >= 15 is 0 Å². The van der Waals surface area contributed by atoms with E-state index in [4.69, 9.17) is 9.36 Å². The van der Waals surface area contributed by atoms with Gasteiger partial charge in [-0.2, -0.15) is 0 Å². The summed E-state index contributed by atoms with van der Waals surface area (Å²) in [5.74, 6) is 1.19. The molecule has 0 aromatic carbocycles. The van der Waals surface area contributed by atoms with Crippen molar-refractivity contribution in [2.75, 3.05) is 5.75 Å². The molecule has 0 amide bonds. The van der Waals surface area contributed by atoms with Gasteiger partial charge in [0.05, 0.1) is 18.0 Å². The molecule has 110 valence electrons. The maximum atomic E-state index is 11.9. The lowest BCUT2D eigenvalue weighted by Crippen LogP contribution is -2.29. The van der Waals surface area contributed by atoms with Gasteiger partial charge in [0.1, 0.15) is 17.6 Å². The number of sulfonamides is 1. The van der Waals surface area contributed by atoms with Crippen LogP contribution in [0.2, 0.25) is 0 Å². The Labute approximate surface area is 117 Å². The van der Waals surface area contributed by atoms with Gasteiger partial charge < -0.3 is 9.36 Å². The van der Waals surface area contributed by atoms with Crippen molar-refractivity contribution in [1.29, 1.82) is 0 Å². The van der Waals surface area contributed by atoms with Gasteiger partial charge in [-0.25, -0.2) is 13.1 Å². The molecular weight excluding hydrogens is 282 g/mol. The predicted octanol–water partition coefficient (Wildman–Crippen LogP) is 1.14. The molecule has 1 atom stereocenters. The monoisotopic (exact) mass is 299 g/mol. The molecule has 2 heterocycles. The van der Waals surface area contributed by atoms with E-state index in [1.807, 2.05) is 13.0 Å². The van der Waals surface area contributed by atoms with Crippen LogP contribution in [0.25, 0.3) is 0 Å². The van der Waals surface area contributed by atoms with Crippen LogP contribution in [-0.2, 0) is 21.4 Å². The summed E-state index contributed by atoms with van der Waals surface area (Å²) in [6.07, 6.45) is 2.75. The molecule has 20 heavy (non-hydrogen) atoms. The Morgan fingerprint density at radius 3 is 2.90 bits per heavy atom. The van der Waals surface area contributed by atoms with Gasteiger partial charge in [0, 0.05) is 18.4 Å². The first-order chi connectivity index (χ1) is 9.52. The highest BCUT2D eigenvalue weighted by Gasteiger charge is 2.28. The van der Waals surface area contributed by atoms with Crippen LogP contribution in [0.3, 0.4) is 0 Å². The molecule has 2 aliphatic rings. The average molecular weight is 299 g/mol. The third-order valence-corrected chi connectivity index (χ3v) is 4.57. The van der Waals surface area contributed by atoms with E-state index in [1.54, 1.807) is 0 Å². The highest BCUT2D eigenvalue weighted by Crippen LogP contribution is 2.40. The van der Waals surface area contributed by atoms with Gasteiger partial charge >= 0.3 is 0 Å². The molecule has 1 fully saturated rings. The zero-order chi connectivity index (χ0) is 14.2. The SMILES string of the molecule is CC1CC(CS(=O)(=O)NCc2cc(C3CC3)on2)=NO1. The third-order valence-electron chi connectivity index (χ3n) is 3.27. The third kappa shape index (κ3) is 3.37. The van der Waals surface area contributed by atoms with E-state index in [0.29, 0.717) is 23.7 Å². The Kier molecular flexibility index (Phi) is 3.51. The lowest BCUT2D eigenvalue weighted by molar-refractivity contribution is 0.0995. The zero-order valence-corrected chi connectivity index (χ0v) is 12.0. The first-order valence-corrected chi connectivity index (χ1v) is 8.31. The fourth-order valence-corrected chi connectivity index (χ4v) is 3.16. The summed E-state index contributed by atoms with van der Waals surface area (Å²) in [4.78, 5) is 4.98. The van der Waals surface area contributed by atoms with Crippen molar-refractivity contribution in [3.05, 3.63) is 17.5 Å². The second kappa shape index (κ2) is 5.17. The number of rotatable bonds is 6. The van der Waals surface area contributed by atoms with Gasteiger partial charge in [-0.05, 0) is 19.8 Å². The summed E-state index contributed by atoms with van der Waals surface area (Å²) in [6.45, 7) is 1.99. The van der Waals surface area contributed by atoms with E-state index in [-0.39, 0.29) is 18.4 Å². The molecule has 7 nitrogen and oxygen atoms in total. The fraction of sp³-hybridized carbons (Fsp3) is 0.667. The molecule has 0 bridgehead atoms. The van der Waals surface area contributed by atoms with Crippen LogP contribution < -0.4 is 4.72 Å². The summed E-state index contributed by atoms with van der Waals surface area (Å²) in [5, 5.41) is 7.62. The van der Waals surface area contributed by atoms with E-state index in [1.165, 1.54) is 0 Å². The van der Waals surface area contributed by atoms with Gasteiger partial charge in [-0.15, -0.1) is 0 Å². The van der Waals surface area contributed by atoms with E-state index < -0.39 is 10.0 Å². The highest BCUT2D eigenvalue weighted by molar-refractivity contribution is 7.90. The molecule has 1 aromatic heterocycles. The molecule has 1 unspecified atom stereocenters. The van der Waals surface area contributed by atoms with Crippen molar-refractivity contribution in [3.8, 4) is 0 Å². The Balaban J connectivity index is 1.53. The van der Waals surface area contributed by atoms with Crippen molar-refractivity contribution in [3.63, 3.8) is 0 Å². The van der Waals surface area contributed by atoms with Crippen molar-refractivity contribution in [2.45, 2.75) is 44.8 Å². The second-order valence-electron chi connectivity index (χ2n) is 5.35. The first-order valence-electron chi connectivity index (χ1n) is 6.66. The molecule has 0 radical (unpaired) electrons. The van der Waals surface area contributed by atoms with Crippen molar-refractivity contribution in [2.24, 2.45) is 5.16 Å². The molecule has 1 aliphatic heterocycles. The standard InChI is InChI=1S/C12H17N3O4S/c1-8-4-11(15-18-8)7-20(16,17)13-6-10-5-12(19-14-10)9-2-3-9/h5,8-9,13H,2-4,6-7H2,1H3. The van der Waals surface area contributed by atoms with Gasteiger partial charge in [-0.3, -0.25) is 0 Å². The van der Waals surface area contributed by atoms with Crippen LogP contribution in [0, 0.1) is 0 Å². The Morgan fingerprint density at radius 2 is 2.25 bits per heavy atom. The van der Waals surface area contributed by atoms with Crippen LogP contribution >= 0.6 is 0 Å². The van der Waals surface area contributed by atoms with Gasteiger partial charge in [0.2, 0.25) is 10.0 Å². The largest absolute Gasteiger partial charge is 0.392 e. The van der Waals surface area contributed by atoms with Gasteiger partial charge in [-0.1, -0.05) is 10.3 Å². The van der Waals surface area contributed by atoms with Gasteiger partial charge in [0.15, 0.2) is 0 Å². The predicted molar refractivity (Wildman–Crippen MR) is 71.7 cm³/mol. The van der Waals surface area contributed by atoms with Crippen molar-refractivity contribution >= 4 is 15.7 Å². The molecule has 1 aromatic rings. The summed E-state index contributed by atoms with van der Waals surface area (Å²) in [5.41, 5.74) is 1.15. The Bertz CT molecular complexity index is 618. The van der Waals surface area contributed by atoms with Crippen LogP contribution in [0.5, 0.6) is 0 Å². The first kappa shape index (κ1) is 13.6. The minimum Gasteiger partial charge on any atom is -0.392 e. The maximum Gasteiger partial charge on any atom is 0.217 e. The van der Waals surface area contributed by atoms with Crippen LogP contribution in [0.4, 0.5) is 0 Å². The number of oxime groups is 1. The van der Waals surface area contributed by atoms with Crippen LogP contribution in [-0.4, -0.2) is 31.1 Å². The Morgan fingerprint density at radius 1 is 1.45 bits per heavy atom. The van der Waals surface area contributed by atoms with E-state index in [0.717, 1.165) is 18.6 Å². The fourth-order valence-electron chi connectivity index (χ4n) is 2.08. The molecule has 1 N–H and O–H groups in total. The van der Waals surface area contributed by atoms with Gasteiger partial charge in [0.25, 0.3) is 0 Å². The summed E-state index contributed by atoms with van der Waals surface area (Å²) < 4.78 is 31.5. The van der Waals surface area contributed by atoms with Crippen LogP contribution in [0.1, 0.15) is 43.6 Å². The highest BCUT2D eigenvalue weighted by atomic mass is 32.2. The molecule has 1 saturated carbocycles. The summed E-state index contributed by atoms with van der Waals surface area (Å²) >= 11 is 0. The van der Waals surface area contributed by atoms with E-state index in [2.05, 4.69) is 15.0 Å². The number of nitrogens with zero attached hydrogens (tertiary/aromatic N) is 2. The normalized spacial score (nSPS) is 22.6. The van der Waals surface area contributed by atoms with Crippen molar-refractivity contribution in [1.82, 2.24) is 9.88 Å². The van der Waals surface area contributed by atoms with Crippen molar-refractivity contribution < 1.29 is 17.8 Å². The molecule has 3 rings (SSSR count). The van der Waals surface area contributed by atoms with E-state index in [9.17, 15) is 8.42 Å². The lowest BCUT2D eigenvalue weighted by Gasteiger charge is -2.03. The zero-order valence-electron chi connectivity index (χ0n) is 11.2. The molecule has 0 saturated heterocycles. The second-order valence-corrected chi connectivity index (χ2v) is 7.16. The maximum absolute atomic E-state index is 11.9. The summed E-state index contributed by atoms with van der Waals surface area (Å²) in [6, 6.07) is 1.82. The number of nitrogens with one attached hydrogen (secondary N) is 1. The van der Waals surface area contributed by atoms with Crippen LogP contribution in [0.15, 0.2) is 15.7 Å². The minimum absolute atomic E-state index is 0.0446. The molecule has 1 aliphatic carbocycles. The quantitative estimate of drug-likeness (QED) is 0.850. The lowest BCUT2D eigenvalue weighted by atomic mass is 10.2. The number of hydrogen-bond donors (Lipinski definition) is 1. The smallest absolute Gasteiger partial charge is 0.217 e. The number of aromatic nitrogens is 1. The average Bonchev–Trinajstić information content (AvgIpc) is 2.99. The molecule has 8 heteroatoms. The molecule has 0 spiro atoms. The topological polar surface area (TPSA) is 93.8 Å².